The molecule has 0 fully saturated rings. The van der Waals surface area contributed by atoms with Gasteiger partial charge in [0, 0.05) is 6.20 Å². The first-order valence-electron chi connectivity index (χ1n) is 3.15. The second-order valence-corrected chi connectivity index (χ2v) is 2.30. The molecule has 0 saturated carbocycles. The fraction of sp³-hybridized carbons (Fsp3) is 0. The average Bonchev–Trinajstić information content (AvgIpc) is 2.32. The lowest BCUT2D eigenvalue weighted by atomic mass is 10.3. The van der Waals surface area contributed by atoms with Crippen molar-refractivity contribution in [2.75, 3.05) is 5.73 Å². The fourth-order valence-electron chi connectivity index (χ4n) is 0.991. The minimum absolute atomic E-state index is 0.333. The Morgan fingerprint density at radius 1 is 1.55 bits per heavy atom. The van der Waals surface area contributed by atoms with Crippen LogP contribution in [0.2, 0.25) is 0 Å². The quantitative estimate of drug-likeness (QED) is 0.596. The summed E-state index contributed by atoms with van der Waals surface area (Å²) in [7, 11) is 0. The Labute approximate surface area is 62.0 Å². The smallest absolute Gasteiger partial charge is 0.166 e. The lowest BCUT2D eigenvalue weighted by Gasteiger charge is -1.90. The number of nitrogens with zero attached hydrogens (tertiary/aromatic N) is 1. The summed E-state index contributed by atoms with van der Waals surface area (Å²) >= 11 is 0. The van der Waals surface area contributed by atoms with Crippen molar-refractivity contribution >= 4 is 16.7 Å². The summed E-state index contributed by atoms with van der Waals surface area (Å²) in [4.78, 5) is 6.52. The molecule has 0 spiro atoms. The van der Waals surface area contributed by atoms with E-state index in [4.69, 9.17) is 5.73 Å². The first-order valence-corrected chi connectivity index (χ1v) is 3.15. The first kappa shape index (κ1) is 6.15. The lowest BCUT2D eigenvalue weighted by Crippen LogP contribution is -1.85. The van der Waals surface area contributed by atoms with Gasteiger partial charge in [-0.05, 0) is 6.07 Å². The van der Waals surface area contributed by atoms with Crippen LogP contribution in [0.4, 0.5) is 10.1 Å². The second kappa shape index (κ2) is 1.95. The highest BCUT2D eigenvalue weighted by molar-refractivity contribution is 5.78. The maximum Gasteiger partial charge on any atom is 0.166 e. The number of hydrogen-bond donors (Lipinski definition) is 2. The van der Waals surface area contributed by atoms with Crippen molar-refractivity contribution in [3.63, 3.8) is 0 Å². The molecular weight excluding hydrogens is 145 g/mol. The molecule has 0 aliphatic rings. The van der Waals surface area contributed by atoms with Crippen molar-refractivity contribution in [3.05, 3.63) is 24.3 Å². The highest BCUT2D eigenvalue weighted by Gasteiger charge is 2.02. The number of rotatable bonds is 0. The third-order valence-electron chi connectivity index (χ3n) is 1.49. The number of halogens is 1. The van der Waals surface area contributed by atoms with E-state index < -0.39 is 0 Å². The van der Waals surface area contributed by atoms with Crippen LogP contribution in [0.3, 0.4) is 0 Å². The molecule has 11 heavy (non-hydrogen) atoms. The summed E-state index contributed by atoms with van der Waals surface area (Å²) in [5, 5.41) is 0. The van der Waals surface area contributed by atoms with Gasteiger partial charge in [-0.3, -0.25) is 0 Å². The first-order chi connectivity index (χ1) is 5.27. The number of pyridine rings is 1. The molecule has 0 aliphatic heterocycles. The van der Waals surface area contributed by atoms with Crippen LogP contribution in [-0.4, -0.2) is 9.97 Å². The molecular formula is C7H6FN3. The van der Waals surface area contributed by atoms with Gasteiger partial charge in [-0.15, -0.1) is 0 Å². The van der Waals surface area contributed by atoms with Crippen LogP contribution < -0.4 is 5.73 Å². The molecule has 2 aromatic heterocycles. The van der Waals surface area contributed by atoms with Crippen molar-refractivity contribution in [1.82, 2.24) is 9.97 Å². The molecule has 0 saturated heterocycles. The number of nitrogen functional groups attached to an aromatic ring is 1. The lowest BCUT2D eigenvalue weighted by molar-refractivity contribution is 0.637. The molecule has 0 atom stereocenters. The fourth-order valence-corrected chi connectivity index (χ4v) is 0.991. The zero-order chi connectivity index (χ0) is 7.84. The molecule has 0 aliphatic carbocycles. The van der Waals surface area contributed by atoms with E-state index in [1.165, 1.54) is 12.4 Å². The van der Waals surface area contributed by atoms with Crippen molar-refractivity contribution in [3.8, 4) is 0 Å². The van der Waals surface area contributed by atoms with Crippen molar-refractivity contribution in [2.24, 2.45) is 0 Å². The molecule has 4 heteroatoms. The summed E-state index contributed by atoms with van der Waals surface area (Å²) in [6.45, 7) is 0. The molecule has 0 radical (unpaired) electrons. The van der Waals surface area contributed by atoms with Gasteiger partial charge in [0.2, 0.25) is 0 Å². The van der Waals surface area contributed by atoms with Crippen LogP contribution in [0.15, 0.2) is 18.5 Å². The number of H-pyrrole nitrogens is 1. The van der Waals surface area contributed by atoms with E-state index >= 15 is 0 Å². The topological polar surface area (TPSA) is 54.7 Å². The Kier molecular flexibility index (Phi) is 1.09. The van der Waals surface area contributed by atoms with Gasteiger partial charge in [0.15, 0.2) is 5.82 Å². The Hall–Kier alpha value is -1.58. The highest BCUT2D eigenvalue weighted by atomic mass is 19.1. The van der Waals surface area contributed by atoms with Gasteiger partial charge in [0.1, 0.15) is 5.52 Å². The number of fused-ring (bicyclic) bond motifs is 1. The van der Waals surface area contributed by atoms with Gasteiger partial charge < -0.3 is 10.7 Å². The monoisotopic (exact) mass is 151 g/mol. The third-order valence-corrected chi connectivity index (χ3v) is 1.49. The van der Waals surface area contributed by atoms with Crippen LogP contribution in [0, 0.1) is 5.82 Å². The number of hydrogen-bond acceptors (Lipinski definition) is 2. The van der Waals surface area contributed by atoms with Gasteiger partial charge in [-0.2, -0.15) is 0 Å². The van der Waals surface area contributed by atoms with Gasteiger partial charge in [0.25, 0.3) is 0 Å². The second-order valence-electron chi connectivity index (χ2n) is 2.30. The summed E-state index contributed by atoms with van der Waals surface area (Å²) < 4.78 is 12.7. The maximum atomic E-state index is 12.7. The Morgan fingerprint density at radius 2 is 2.36 bits per heavy atom. The average molecular weight is 151 g/mol. The Morgan fingerprint density at radius 3 is 3.18 bits per heavy atom. The summed E-state index contributed by atoms with van der Waals surface area (Å²) in [6, 6.07) is 1.64. The minimum atomic E-state index is -0.347. The molecule has 3 N–H and O–H groups in total. The van der Waals surface area contributed by atoms with E-state index in [0.717, 1.165) is 0 Å². The Bertz CT molecular complexity index is 393. The molecule has 2 heterocycles. The zero-order valence-corrected chi connectivity index (χ0v) is 5.63. The van der Waals surface area contributed by atoms with Crippen LogP contribution in [0.25, 0.3) is 11.0 Å². The van der Waals surface area contributed by atoms with Crippen molar-refractivity contribution in [2.45, 2.75) is 0 Å². The largest absolute Gasteiger partial charge is 0.397 e. The third kappa shape index (κ3) is 0.832. The predicted molar refractivity (Wildman–Crippen MR) is 40.5 cm³/mol. The van der Waals surface area contributed by atoms with Crippen LogP contribution in [-0.2, 0) is 0 Å². The predicted octanol–water partition coefficient (Wildman–Crippen LogP) is 1.28. The van der Waals surface area contributed by atoms with Gasteiger partial charge >= 0.3 is 0 Å². The molecule has 3 nitrogen and oxygen atoms in total. The normalized spacial score (nSPS) is 10.6. The zero-order valence-electron chi connectivity index (χ0n) is 5.63. The van der Waals surface area contributed by atoms with Crippen LogP contribution >= 0.6 is 0 Å². The summed E-state index contributed by atoms with van der Waals surface area (Å²) in [5.74, 6) is -0.347. The Balaban J connectivity index is 2.86. The number of aromatic nitrogens is 2. The van der Waals surface area contributed by atoms with Gasteiger partial charge in [-0.25, -0.2) is 9.37 Å². The molecule has 0 aromatic carbocycles. The SMILES string of the molecule is Nc1cnc2c(F)c[nH]c2c1. The number of nitrogens with one attached hydrogen (secondary N) is 1. The highest BCUT2D eigenvalue weighted by Crippen LogP contribution is 2.15. The summed E-state index contributed by atoms with van der Waals surface area (Å²) in [5.41, 5.74) is 6.92. The standard InChI is InChI=1S/C7H6FN3/c8-5-3-10-6-1-4(9)2-11-7(5)6/h1-3,10H,9H2. The molecule has 0 amide bonds. The summed E-state index contributed by atoms with van der Waals surface area (Å²) in [6.07, 6.45) is 2.69. The molecule has 0 bridgehead atoms. The van der Waals surface area contributed by atoms with E-state index in [9.17, 15) is 4.39 Å². The van der Waals surface area contributed by atoms with E-state index in [0.29, 0.717) is 16.7 Å². The van der Waals surface area contributed by atoms with Crippen molar-refractivity contribution in [1.29, 1.82) is 0 Å². The van der Waals surface area contributed by atoms with E-state index in [1.807, 2.05) is 0 Å². The van der Waals surface area contributed by atoms with E-state index in [2.05, 4.69) is 9.97 Å². The van der Waals surface area contributed by atoms with E-state index in [1.54, 1.807) is 6.07 Å². The number of anilines is 1. The van der Waals surface area contributed by atoms with Crippen LogP contribution in [0.5, 0.6) is 0 Å². The number of nitrogens with two attached hydrogens (primary N) is 1. The molecule has 0 unspecified atom stereocenters. The molecule has 2 aromatic rings. The van der Waals surface area contributed by atoms with Gasteiger partial charge in [-0.1, -0.05) is 0 Å². The molecule has 56 valence electrons. The van der Waals surface area contributed by atoms with Crippen molar-refractivity contribution < 1.29 is 4.39 Å². The van der Waals surface area contributed by atoms with Crippen LogP contribution in [0.1, 0.15) is 0 Å². The number of aromatic amines is 1. The van der Waals surface area contributed by atoms with Gasteiger partial charge in [0.05, 0.1) is 17.4 Å². The minimum Gasteiger partial charge on any atom is -0.397 e. The maximum absolute atomic E-state index is 12.7. The van der Waals surface area contributed by atoms with E-state index in [-0.39, 0.29) is 5.82 Å². The molecule has 2 rings (SSSR count).